The van der Waals surface area contributed by atoms with Gasteiger partial charge in [0, 0.05) is 6.42 Å². The number of cyclic esters (lactones) is 1. The van der Waals surface area contributed by atoms with Crippen molar-refractivity contribution in [3.05, 3.63) is 0 Å². The van der Waals surface area contributed by atoms with Crippen LogP contribution < -0.4 is 0 Å². The van der Waals surface area contributed by atoms with E-state index in [4.69, 9.17) is 4.74 Å². The highest BCUT2D eigenvalue weighted by Crippen LogP contribution is 2.23. The molecule has 1 fully saturated rings. The minimum atomic E-state index is -1.000. The minimum Gasteiger partial charge on any atom is -0.469 e. The normalized spacial score (nSPS) is 25.3. The van der Waals surface area contributed by atoms with E-state index in [9.17, 15) is 14.4 Å². The van der Waals surface area contributed by atoms with Crippen LogP contribution in [0, 0.1) is 5.92 Å². The predicted octanol–water partition coefficient (Wildman–Crippen LogP) is -0.346. The van der Waals surface area contributed by atoms with Gasteiger partial charge in [-0.25, -0.2) is 4.79 Å². The molecule has 6 heteroatoms. The number of carbonyl (C=O) groups excluding carboxylic acids is 3. The van der Waals surface area contributed by atoms with Crippen molar-refractivity contribution in [3.63, 3.8) is 0 Å². The Kier molecular flexibility index (Phi) is 3.65. The van der Waals surface area contributed by atoms with Crippen molar-refractivity contribution in [1.82, 2.24) is 0 Å². The Morgan fingerprint density at radius 1 is 1.27 bits per heavy atom. The van der Waals surface area contributed by atoms with Crippen LogP contribution in [0.4, 0.5) is 0 Å². The highest BCUT2D eigenvalue weighted by atomic mass is 16.6. The van der Waals surface area contributed by atoms with Gasteiger partial charge in [0.15, 0.2) is 6.10 Å². The fourth-order valence-electron chi connectivity index (χ4n) is 1.42. The Hall–Kier alpha value is -1.59. The Labute approximate surface area is 86.5 Å². The summed E-state index contributed by atoms with van der Waals surface area (Å²) in [5.74, 6) is -2.38. The third-order valence-corrected chi connectivity index (χ3v) is 2.18. The first-order valence-corrected chi connectivity index (χ1v) is 4.43. The number of esters is 3. The van der Waals surface area contributed by atoms with Gasteiger partial charge in [-0.15, -0.1) is 0 Å². The number of rotatable bonds is 2. The van der Waals surface area contributed by atoms with Crippen molar-refractivity contribution < 1.29 is 28.6 Å². The first kappa shape index (κ1) is 11.5. The van der Waals surface area contributed by atoms with E-state index in [0.29, 0.717) is 0 Å². The van der Waals surface area contributed by atoms with E-state index >= 15 is 0 Å². The smallest absolute Gasteiger partial charge is 0.347 e. The number of ether oxygens (including phenoxy) is 3. The van der Waals surface area contributed by atoms with E-state index in [1.165, 1.54) is 14.2 Å². The molecular weight excluding hydrogens is 204 g/mol. The Balaban J connectivity index is 2.67. The van der Waals surface area contributed by atoms with Gasteiger partial charge in [-0.1, -0.05) is 0 Å². The number of hydrogen-bond donors (Lipinski definition) is 0. The number of carbonyl (C=O) groups is 3. The largest absolute Gasteiger partial charge is 0.469 e. The molecule has 1 heterocycles. The van der Waals surface area contributed by atoms with E-state index in [1.807, 2.05) is 0 Å². The second-order valence-electron chi connectivity index (χ2n) is 3.16. The summed E-state index contributed by atoms with van der Waals surface area (Å²) in [4.78, 5) is 33.4. The topological polar surface area (TPSA) is 78.9 Å². The first-order chi connectivity index (χ1) is 7.08. The molecular formula is C9H12O6. The zero-order valence-electron chi connectivity index (χ0n) is 8.52. The summed E-state index contributed by atoms with van der Waals surface area (Å²) in [6, 6.07) is 0. The van der Waals surface area contributed by atoms with Crippen molar-refractivity contribution in [2.75, 3.05) is 14.2 Å². The van der Waals surface area contributed by atoms with Gasteiger partial charge in [0.2, 0.25) is 0 Å². The standard InChI is InChI=1S/C9H12O6/c1-13-8(11)5-3-6(9(12)14-2)15-7(10)4-5/h5-6H,3-4H2,1-2H3. The third-order valence-electron chi connectivity index (χ3n) is 2.18. The highest BCUT2D eigenvalue weighted by Gasteiger charge is 2.37. The molecule has 0 spiro atoms. The zero-order chi connectivity index (χ0) is 11.4. The molecule has 2 atom stereocenters. The van der Waals surface area contributed by atoms with Crippen LogP contribution in [0.25, 0.3) is 0 Å². The third kappa shape index (κ3) is 2.68. The van der Waals surface area contributed by atoms with Crippen molar-refractivity contribution >= 4 is 17.9 Å². The average molecular weight is 216 g/mol. The fourth-order valence-corrected chi connectivity index (χ4v) is 1.42. The maximum atomic E-state index is 11.2. The minimum absolute atomic E-state index is 0.0554. The molecule has 1 saturated heterocycles. The van der Waals surface area contributed by atoms with Gasteiger partial charge in [0.05, 0.1) is 26.6 Å². The van der Waals surface area contributed by atoms with Gasteiger partial charge < -0.3 is 14.2 Å². The number of hydrogen-bond acceptors (Lipinski definition) is 6. The van der Waals surface area contributed by atoms with E-state index in [-0.39, 0.29) is 12.8 Å². The fraction of sp³-hybridized carbons (Fsp3) is 0.667. The Bertz CT molecular complexity index is 258. The van der Waals surface area contributed by atoms with Crippen LogP contribution in [0.15, 0.2) is 0 Å². The Morgan fingerprint density at radius 3 is 2.40 bits per heavy atom. The lowest BCUT2D eigenvalue weighted by Gasteiger charge is -2.25. The van der Waals surface area contributed by atoms with Crippen LogP contribution in [0.5, 0.6) is 0 Å². The van der Waals surface area contributed by atoms with Gasteiger partial charge in [-0.05, 0) is 0 Å². The molecule has 0 bridgehead atoms. The van der Waals surface area contributed by atoms with Crippen molar-refractivity contribution in [1.29, 1.82) is 0 Å². The Morgan fingerprint density at radius 2 is 1.87 bits per heavy atom. The average Bonchev–Trinajstić information content (AvgIpc) is 2.26. The van der Waals surface area contributed by atoms with Crippen LogP contribution in [-0.2, 0) is 28.6 Å². The molecule has 84 valence electrons. The quantitative estimate of drug-likeness (QED) is 0.464. The van der Waals surface area contributed by atoms with Crippen LogP contribution in [0.3, 0.4) is 0 Å². The lowest BCUT2D eigenvalue weighted by atomic mass is 9.95. The van der Waals surface area contributed by atoms with Crippen molar-refractivity contribution in [2.24, 2.45) is 5.92 Å². The van der Waals surface area contributed by atoms with Gasteiger partial charge in [-0.2, -0.15) is 0 Å². The van der Waals surface area contributed by atoms with Crippen molar-refractivity contribution in [2.45, 2.75) is 18.9 Å². The van der Waals surface area contributed by atoms with Crippen LogP contribution in [0.1, 0.15) is 12.8 Å². The molecule has 0 aliphatic carbocycles. The summed E-state index contributed by atoms with van der Waals surface area (Å²) < 4.78 is 13.7. The molecule has 6 nitrogen and oxygen atoms in total. The summed E-state index contributed by atoms with van der Waals surface area (Å²) >= 11 is 0. The molecule has 0 N–H and O–H groups in total. The first-order valence-electron chi connectivity index (χ1n) is 4.43. The molecule has 15 heavy (non-hydrogen) atoms. The second-order valence-corrected chi connectivity index (χ2v) is 3.16. The highest BCUT2D eigenvalue weighted by molar-refractivity contribution is 5.85. The summed E-state index contributed by atoms with van der Waals surface area (Å²) in [6.45, 7) is 0. The van der Waals surface area contributed by atoms with Gasteiger partial charge in [0.1, 0.15) is 0 Å². The van der Waals surface area contributed by atoms with Crippen LogP contribution >= 0.6 is 0 Å². The maximum absolute atomic E-state index is 11.2. The molecule has 1 rings (SSSR count). The van der Waals surface area contributed by atoms with E-state index in [1.54, 1.807) is 0 Å². The van der Waals surface area contributed by atoms with Crippen LogP contribution in [0.2, 0.25) is 0 Å². The molecule has 0 aromatic rings. The molecule has 2 unspecified atom stereocenters. The molecule has 0 amide bonds. The summed E-state index contributed by atoms with van der Waals surface area (Å²) in [5, 5.41) is 0. The second kappa shape index (κ2) is 4.77. The SMILES string of the molecule is COC(=O)C1CC(=O)OC(C(=O)OC)C1. The predicted molar refractivity (Wildman–Crippen MR) is 46.6 cm³/mol. The van der Waals surface area contributed by atoms with E-state index in [2.05, 4.69) is 9.47 Å². The molecule has 0 radical (unpaired) electrons. The molecule has 1 aliphatic heterocycles. The monoisotopic (exact) mass is 216 g/mol. The lowest BCUT2D eigenvalue weighted by molar-refractivity contribution is -0.176. The summed E-state index contributed by atoms with van der Waals surface area (Å²) in [6.07, 6.45) is -0.939. The van der Waals surface area contributed by atoms with E-state index in [0.717, 1.165) is 0 Å². The summed E-state index contributed by atoms with van der Waals surface area (Å²) in [7, 11) is 2.42. The molecule has 0 aromatic carbocycles. The van der Waals surface area contributed by atoms with Crippen LogP contribution in [-0.4, -0.2) is 38.2 Å². The lowest BCUT2D eigenvalue weighted by Crippen LogP contribution is -2.39. The molecule has 0 saturated carbocycles. The van der Waals surface area contributed by atoms with Gasteiger partial charge >= 0.3 is 17.9 Å². The maximum Gasteiger partial charge on any atom is 0.347 e. The molecule has 1 aliphatic rings. The van der Waals surface area contributed by atoms with Gasteiger partial charge in [0.25, 0.3) is 0 Å². The van der Waals surface area contributed by atoms with Gasteiger partial charge in [-0.3, -0.25) is 9.59 Å². The number of methoxy groups -OCH3 is 2. The van der Waals surface area contributed by atoms with E-state index < -0.39 is 29.9 Å². The zero-order valence-corrected chi connectivity index (χ0v) is 8.52. The molecule has 0 aromatic heterocycles. The van der Waals surface area contributed by atoms with Crippen molar-refractivity contribution in [3.8, 4) is 0 Å². The summed E-state index contributed by atoms with van der Waals surface area (Å²) in [5.41, 5.74) is 0.